The molecular weight excluding hydrogens is 301 g/mol. The summed E-state index contributed by atoms with van der Waals surface area (Å²) in [7, 11) is 0. The van der Waals surface area contributed by atoms with Gasteiger partial charge in [-0.1, -0.05) is 0 Å². The summed E-state index contributed by atoms with van der Waals surface area (Å²) >= 11 is -0.272. The third-order valence-electron chi connectivity index (χ3n) is 1.04. The Balaban J connectivity index is 3.80. The quantitative estimate of drug-likeness (QED) is 0.694. The van der Waals surface area contributed by atoms with Crippen LogP contribution in [0.15, 0.2) is 0 Å². The summed E-state index contributed by atoms with van der Waals surface area (Å²) in [5, 5.41) is 0. The molecule has 0 aromatic heterocycles. The van der Waals surface area contributed by atoms with Crippen LogP contribution in [0.4, 0.5) is 0 Å². The van der Waals surface area contributed by atoms with Crippen molar-refractivity contribution in [3.8, 4) is 0 Å². The van der Waals surface area contributed by atoms with E-state index in [1.807, 2.05) is 0 Å². The van der Waals surface area contributed by atoms with Crippen molar-refractivity contribution in [2.75, 3.05) is 0 Å². The zero-order chi connectivity index (χ0) is 9.12. The molecule has 11 heavy (non-hydrogen) atoms. The van der Waals surface area contributed by atoms with Crippen LogP contribution in [-0.2, 0) is 19.3 Å². The summed E-state index contributed by atoms with van der Waals surface area (Å²) in [6, 6.07) is 0. The van der Waals surface area contributed by atoms with Gasteiger partial charge < -0.3 is 0 Å². The van der Waals surface area contributed by atoms with E-state index in [-0.39, 0.29) is 19.3 Å². The Morgan fingerprint density at radius 1 is 1.00 bits per heavy atom. The van der Waals surface area contributed by atoms with E-state index in [0.717, 1.165) is 0 Å². The summed E-state index contributed by atoms with van der Waals surface area (Å²) in [5.41, 5.74) is 1.04. The van der Waals surface area contributed by atoms with Crippen LogP contribution in [0.2, 0.25) is 4.64 Å². The Labute approximate surface area is 80.6 Å². The molecule has 0 saturated carbocycles. The Hall–Kier alpha value is 0.610. The van der Waals surface area contributed by atoms with Crippen LogP contribution in [0, 0.1) is 10.8 Å². The van der Waals surface area contributed by atoms with Gasteiger partial charge in [-0.15, -0.1) is 0 Å². The topological polar surface area (TPSA) is 0 Å². The molecule has 0 nitrogen and oxygen atoms in total. The Morgan fingerprint density at radius 2 is 1.45 bits per heavy atom. The fourth-order valence-electron chi connectivity index (χ4n) is 0.593. The van der Waals surface area contributed by atoms with Crippen molar-refractivity contribution in [3.63, 3.8) is 0 Å². The van der Waals surface area contributed by atoms with Crippen LogP contribution in [0.1, 0.15) is 41.5 Å². The number of rotatable bonds is 1. The molecule has 0 bridgehead atoms. The normalized spacial score (nSPS) is 14.4. The molecule has 66 valence electrons. The van der Waals surface area contributed by atoms with Crippen LogP contribution in [0.25, 0.3) is 0 Å². The molecule has 0 unspecified atom stereocenters. The summed E-state index contributed by atoms with van der Waals surface area (Å²) in [4.78, 5) is 0. The molecular formula is C10H21Ta. The van der Waals surface area contributed by atoms with Crippen LogP contribution >= 0.6 is 0 Å². The van der Waals surface area contributed by atoms with E-state index in [1.165, 1.54) is 4.64 Å². The van der Waals surface area contributed by atoms with Gasteiger partial charge in [0.25, 0.3) is 0 Å². The first-order valence-corrected chi connectivity index (χ1v) is 8.34. The second-order valence-electron chi connectivity index (χ2n) is 5.40. The van der Waals surface area contributed by atoms with Crippen LogP contribution in [0.3, 0.4) is 0 Å². The van der Waals surface area contributed by atoms with E-state index in [9.17, 15) is 0 Å². The van der Waals surface area contributed by atoms with Crippen molar-refractivity contribution in [1.82, 2.24) is 0 Å². The van der Waals surface area contributed by atoms with Crippen molar-refractivity contribution in [2.45, 2.75) is 46.2 Å². The van der Waals surface area contributed by atoms with Crippen molar-refractivity contribution in [2.24, 2.45) is 10.8 Å². The van der Waals surface area contributed by atoms with Gasteiger partial charge in [0, 0.05) is 0 Å². The van der Waals surface area contributed by atoms with Gasteiger partial charge >= 0.3 is 80.5 Å². The second-order valence-corrected chi connectivity index (χ2v) is 8.77. The van der Waals surface area contributed by atoms with E-state index in [1.54, 1.807) is 0 Å². The van der Waals surface area contributed by atoms with E-state index < -0.39 is 0 Å². The molecule has 0 N–H and O–H groups in total. The molecule has 1 heteroatoms. The average Bonchev–Trinajstić information content (AvgIpc) is 1.55. The maximum absolute atomic E-state index is 2.60. The zero-order valence-corrected chi connectivity index (χ0v) is 11.9. The Morgan fingerprint density at radius 3 is 1.73 bits per heavy atom. The Bertz CT molecular complexity index is 132. The predicted molar refractivity (Wildman–Crippen MR) is 49.8 cm³/mol. The van der Waals surface area contributed by atoms with Gasteiger partial charge in [-0.05, 0) is 0 Å². The monoisotopic (exact) mass is 322 g/mol. The number of hydrogen-bond acceptors (Lipinski definition) is 0. The molecule has 0 fully saturated rings. The first-order chi connectivity index (χ1) is 4.71. The van der Waals surface area contributed by atoms with Crippen molar-refractivity contribution in [3.05, 3.63) is 0 Å². The zero-order valence-electron chi connectivity index (χ0n) is 8.73. The molecule has 0 aliphatic rings. The van der Waals surface area contributed by atoms with Crippen LogP contribution in [-0.4, -0.2) is 4.23 Å². The fraction of sp³-hybridized carbons (Fsp3) is 0.900. The predicted octanol–water partition coefficient (Wildman–Crippen LogP) is 3.38. The average molecular weight is 322 g/mol. The molecule has 0 aliphatic carbocycles. The van der Waals surface area contributed by atoms with Gasteiger partial charge in [0.2, 0.25) is 0 Å². The van der Waals surface area contributed by atoms with Gasteiger partial charge in [-0.2, -0.15) is 0 Å². The summed E-state index contributed by atoms with van der Waals surface area (Å²) in [6.45, 7) is 13.9. The van der Waals surface area contributed by atoms with Gasteiger partial charge in [-0.25, -0.2) is 0 Å². The maximum atomic E-state index is 2.60. The minimum absolute atomic E-state index is 0.272. The van der Waals surface area contributed by atoms with Crippen LogP contribution < -0.4 is 0 Å². The first kappa shape index (κ1) is 11.6. The molecule has 0 atom stereocenters. The molecule has 0 aromatic rings. The molecule has 0 saturated heterocycles. The van der Waals surface area contributed by atoms with E-state index in [4.69, 9.17) is 0 Å². The van der Waals surface area contributed by atoms with Crippen LogP contribution in [0.5, 0.6) is 0 Å². The van der Waals surface area contributed by atoms with Gasteiger partial charge in [-0.3, -0.25) is 0 Å². The van der Waals surface area contributed by atoms with Gasteiger partial charge in [0.05, 0.1) is 0 Å². The summed E-state index contributed by atoms with van der Waals surface area (Å²) in [6.07, 6.45) is 0. The van der Waals surface area contributed by atoms with Gasteiger partial charge in [0.1, 0.15) is 0 Å². The third kappa shape index (κ3) is 10.6. The van der Waals surface area contributed by atoms with Gasteiger partial charge in [0.15, 0.2) is 0 Å². The minimum atomic E-state index is -0.272. The Kier molecular flexibility index (Phi) is 4.24. The molecule has 0 spiro atoms. The molecule has 0 amide bonds. The first-order valence-electron chi connectivity index (χ1n) is 4.22. The SMILES string of the molecule is CC(C)(C)/[CH]=[Ta]/[CH2]C(C)(C)C. The number of hydrogen-bond donors (Lipinski definition) is 0. The second kappa shape index (κ2) is 4.02. The van der Waals surface area contributed by atoms with E-state index in [0.29, 0.717) is 10.8 Å². The van der Waals surface area contributed by atoms with E-state index in [2.05, 4.69) is 45.8 Å². The molecule has 0 heterocycles. The van der Waals surface area contributed by atoms with Crippen molar-refractivity contribution >= 4 is 4.23 Å². The summed E-state index contributed by atoms with van der Waals surface area (Å²) in [5.74, 6) is 0. The molecule has 0 aliphatic heterocycles. The standard InChI is InChI=1S/C5H11.C5H10.Ta/c2*1-5(2,3)4;/h1H2,2-4H3;1H,2-4H3;. The molecule has 0 radical (unpaired) electrons. The molecule has 0 aromatic carbocycles. The summed E-state index contributed by atoms with van der Waals surface area (Å²) < 4.78 is 4.07. The molecule has 0 rings (SSSR count). The fourth-order valence-corrected chi connectivity index (χ4v) is 4.86. The van der Waals surface area contributed by atoms with Crippen molar-refractivity contribution in [1.29, 1.82) is 0 Å². The van der Waals surface area contributed by atoms with E-state index >= 15 is 0 Å². The van der Waals surface area contributed by atoms with Crippen molar-refractivity contribution < 1.29 is 19.3 Å². The third-order valence-corrected chi connectivity index (χ3v) is 8.55.